The lowest BCUT2D eigenvalue weighted by molar-refractivity contribution is -0.0541. The molecule has 1 N–H and O–H groups in total. The molecule has 0 bridgehead atoms. The van der Waals surface area contributed by atoms with Crippen LogP contribution in [0.4, 0.5) is 0 Å². The van der Waals surface area contributed by atoms with Crippen LogP contribution in [0.1, 0.15) is 30.4 Å². The molecule has 5 heteroatoms. The molecule has 0 unspecified atom stereocenters. The number of fused-ring (bicyclic) bond motifs is 1. The number of aromatic amines is 1. The Hall–Kier alpha value is -2.37. The van der Waals surface area contributed by atoms with Crippen LogP contribution < -0.4 is 4.74 Å². The lowest BCUT2D eigenvalue weighted by Crippen LogP contribution is -2.39. The van der Waals surface area contributed by atoms with Gasteiger partial charge in [0.1, 0.15) is 18.0 Å². The Morgan fingerprint density at radius 3 is 2.79 bits per heavy atom. The molecule has 148 valence electrons. The third kappa shape index (κ3) is 4.37. The first kappa shape index (κ1) is 19.0. The Morgan fingerprint density at radius 2 is 1.96 bits per heavy atom. The number of H-pyrrole nitrogens is 1. The van der Waals surface area contributed by atoms with Gasteiger partial charge >= 0.3 is 0 Å². The molecule has 0 saturated carbocycles. The second-order valence-electron chi connectivity index (χ2n) is 7.87. The van der Waals surface area contributed by atoms with Crippen LogP contribution in [-0.4, -0.2) is 47.3 Å². The molecule has 3 aromatic rings. The highest BCUT2D eigenvalue weighted by molar-refractivity contribution is 5.74. The number of rotatable bonds is 6. The van der Waals surface area contributed by atoms with E-state index in [9.17, 15) is 0 Å². The molecule has 1 aliphatic heterocycles. The minimum absolute atomic E-state index is 0.215. The minimum atomic E-state index is -0.215. The van der Waals surface area contributed by atoms with Crippen LogP contribution in [0.25, 0.3) is 11.0 Å². The predicted octanol–water partition coefficient (Wildman–Crippen LogP) is 4.32. The summed E-state index contributed by atoms with van der Waals surface area (Å²) >= 11 is 0. The van der Waals surface area contributed by atoms with E-state index in [1.807, 2.05) is 19.2 Å². The number of methoxy groups -OCH3 is 1. The van der Waals surface area contributed by atoms with Crippen LogP contribution in [0, 0.1) is 6.92 Å². The van der Waals surface area contributed by atoms with E-state index >= 15 is 0 Å². The van der Waals surface area contributed by atoms with Gasteiger partial charge in [-0.25, -0.2) is 4.98 Å². The van der Waals surface area contributed by atoms with Gasteiger partial charge < -0.3 is 14.5 Å². The lowest BCUT2D eigenvalue weighted by atomic mass is 9.95. The fraction of sp³-hybridized carbons (Fsp3) is 0.435. The number of ether oxygens (including phenoxy) is 2. The molecule has 1 fully saturated rings. The van der Waals surface area contributed by atoms with Crippen molar-refractivity contribution in [2.24, 2.45) is 0 Å². The van der Waals surface area contributed by atoms with Gasteiger partial charge in [-0.15, -0.1) is 0 Å². The van der Waals surface area contributed by atoms with E-state index in [0.29, 0.717) is 6.61 Å². The molecular weight excluding hydrogens is 350 g/mol. The molecule has 2 aromatic carbocycles. The van der Waals surface area contributed by atoms with E-state index in [1.54, 1.807) is 6.33 Å². The number of nitrogens with one attached hydrogen (secondary N) is 1. The molecule has 0 amide bonds. The van der Waals surface area contributed by atoms with Gasteiger partial charge in [0.15, 0.2) is 0 Å². The molecule has 1 aromatic heterocycles. The van der Waals surface area contributed by atoms with Crippen LogP contribution >= 0.6 is 0 Å². The zero-order valence-electron chi connectivity index (χ0n) is 16.8. The Kier molecular flexibility index (Phi) is 5.64. The van der Waals surface area contributed by atoms with Crippen molar-refractivity contribution in [2.75, 3.05) is 26.8 Å². The highest BCUT2D eigenvalue weighted by Crippen LogP contribution is 2.28. The van der Waals surface area contributed by atoms with Crippen LogP contribution in [0.5, 0.6) is 5.75 Å². The number of likely N-dealkylation sites (tertiary alicyclic amines) is 1. The Balaban J connectivity index is 1.37. The number of hydrogen-bond acceptors (Lipinski definition) is 4. The van der Waals surface area contributed by atoms with E-state index in [1.165, 1.54) is 11.1 Å². The molecule has 0 aliphatic carbocycles. The minimum Gasteiger partial charge on any atom is -0.491 e. The summed E-state index contributed by atoms with van der Waals surface area (Å²) in [6.07, 6.45) is 4.85. The van der Waals surface area contributed by atoms with Crippen molar-refractivity contribution < 1.29 is 9.47 Å². The maximum Gasteiger partial charge on any atom is 0.119 e. The molecule has 2 heterocycles. The van der Waals surface area contributed by atoms with Crippen LogP contribution in [0.2, 0.25) is 0 Å². The number of benzene rings is 2. The van der Waals surface area contributed by atoms with Crippen LogP contribution in [-0.2, 0) is 11.3 Å². The molecule has 28 heavy (non-hydrogen) atoms. The highest BCUT2D eigenvalue weighted by Gasteiger charge is 2.33. The quantitative estimate of drug-likeness (QED) is 0.693. The van der Waals surface area contributed by atoms with Gasteiger partial charge in [-0.2, -0.15) is 0 Å². The topological polar surface area (TPSA) is 50.4 Å². The summed E-state index contributed by atoms with van der Waals surface area (Å²) in [5.74, 6) is 0.913. The Labute approximate surface area is 166 Å². The number of hydrogen-bond donors (Lipinski definition) is 1. The van der Waals surface area contributed by atoms with Crippen molar-refractivity contribution in [3.8, 4) is 5.75 Å². The molecular formula is C23H29N3O2. The maximum absolute atomic E-state index is 6.09. The largest absolute Gasteiger partial charge is 0.491 e. The molecule has 5 nitrogen and oxygen atoms in total. The van der Waals surface area contributed by atoms with Crippen LogP contribution in [0.3, 0.4) is 0 Å². The van der Waals surface area contributed by atoms with Crippen molar-refractivity contribution in [3.05, 3.63) is 59.9 Å². The molecule has 0 radical (unpaired) electrons. The number of imidazole rings is 1. The van der Waals surface area contributed by atoms with Gasteiger partial charge in [0, 0.05) is 20.2 Å². The average molecular weight is 380 g/mol. The first-order chi connectivity index (χ1) is 13.7. The number of aryl methyl sites for hydroxylation is 1. The van der Waals surface area contributed by atoms with E-state index in [4.69, 9.17) is 9.47 Å². The van der Waals surface area contributed by atoms with Crippen molar-refractivity contribution in [1.82, 2.24) is 14.9 Å². The maximum atomic E-state index is 6.09. The monoisotopic (exact) mass is 379 g/mol. The van der Waals surface area contributed by atoms with Gasteiger partial charge in [0.05, 0.1) is 17.4 Å². The van der Waals surface area contributed by atoms with Gasteiger partial charge in [-0.1, -0.05) is 23.8 Å². The van der Waals surface area contributed by atoms with Gasteiger partial charge in [0.2, 0.25) is 0 Å². The lowest BCUT2D eigenvalue weighted by Gasteiger charge is -2.31. The third-order valence-corrected chi connectivity index (χ3v) is 5.84. The molecule has 1 saturated heterocycles. The summed E-state index contributed by atoms with van der Waals surface area (Å²) < 4.78 is 12.1. The zero-order valence-corrected chi connectivity index (χ0v) is 16.8. The van der Waals surface area contributed by atoms with E-state index in [0.717, 1.165) is 55.7 Å². The summed E-state index contributed by atoms with van der Waals surface area (Å²) in [4.78, 5) is 10.0. The van der Waals surface area contributed by atoms with Gasteiger partial charge in [-0.3, -0.25) is 4.90 Å². The molecule has 1 aliphatic rings. The van der Waals surface area contributed by atoms with Crippen molar-refractivity contribution in [3.63, 3.8) is 0 Å². The zero-order chi connectivity index (χ0) is 19.4. The van der Waals surface area contributed by atoms with Crippen LogP contribution in [0.15, 0.2) is 48.8 Å². The standard InChI is InChI=1S/C23H29N3O2/c1-18-4-7-20(8-5-18)28-16-23(27-2)10-3-12-26(13-11-23)15-19-6-9-21-22(14-19)25-17-24-21/h4-9,14,17H,3,10-13,15-16H2,1-2H3,(H,24,25)/t23-/m1/s1. The van der Waals surface area contributed by atoms with Crippen molar-refractivity contribution in [2.45, 2.75) is 38.3 Å². The fourth-order valence-corrected chi connectivity index (χ4v) is 3.98. The third-order valence-electron chi connectivity index (χ3n) is 5.84. The number of nitrogens with zero attached hydrogens (tertiary/aromatic N) is 2. The fourth-order valence-electron chi connectivity index (χ4n) is 3.98. The second-order valence-corrected chi connectivity index (χ2v) is 7.87. The first-order valence-corrected chi connectivity index (χ1v) is 10.0. The summed E-state index contributed by atoms with van der Waals surface area (Å²) in [5.41, 5.74) is 4.47. The van der Waals surface area contributed by atoms with E-state index in [2.05, 4.69) is 52.1 Å². The highest BCUT2D eigenvalue weighted by atomic mass is 16.5. The normalized spacial score (nSPS) is 20.9. The second kappa shape index (κ2) is 8.33. The first-order valence-electron chi connectivity index (χ1n) is 10.0. The SMILES string of the molecule is CO[C@]1(COc2ccc(C)cc2)CCCN(Cc2ccc3nc[nH]c3c2)CC1. The van der Waals surface area contributed by atoms with E-state index in [-0.39, 0.29) is 5.60 Å². The predicted molar refractivity (Wildman–Crippen MR) is 112 cm³/mol. The molecule has 1 atom stereocenters. The Bertz CT molecular complexity index is 906. The summed E-state index contributed by atoms with van der Waals surface area (Å²) in [6.45, 7) is 5.72. The number of aromatic nitrogens is 2. The smallest absolute Gasteiger partial charge is 0.119 e. The average Bonchev–Trinajstić information content (AvgIpc) is 3.09. The van der Waals surface area contributed by atoms with E-state index < -0.39 is 0 Å². The van der Waals surface area contributed by atoms with Crippen molar-refractivity contribution >= 4 is 11.0 Å². The summed E-state index contributed by atoms with van der Waals surface area (Å²) in [7, 11) is 1.82. The molecule has 0 spiro atoms. The Morgan fingerprint density at radius 1 is 1.11 bits per heavy atom. The van der Waals surface area contributed by atoms with Crippen molar-refractivity contribution in [1.29, 1.82) is 0 Å². The van der Waals surface area contributed by atoms with Gasteiger partial charge in [0.25, 0.3) is 0 Å². The summed E-state index contributed by atoms with van der Waals surface area (Å²) in [6, 6.07) is 14.7. The molecule has 4 rings (SSSR count). The van der Waals surface area contributed by atoms with Gasteiger partial charge in [-0.05, 0) is 62.6 Å². The summed E-state index contributed by atoms with van der Waals surface area (Å²) in [5, 5.41) is 0.